The Morgan fingerprint density at radius 1 is 1.12 bits per heavy atom. The van der Waals surface area contributed by atoms with Crippen LogP contribution in [0.15, 0.2) is 61.0 Å². The summed E-state index contributed by atoms with van der Waals surface area (Å²) < 4.78 is 4.97. The predicted molar refractivity (Wildman–Crippen MR) is 101 cm³/mol. The molecule has 0 saturated carbocycles. The van der Waals surface area contributed by atoms with Crippen molar-refractivity contribution in [2.24, 2.45) is 0 Å². The van der Waals surface area contributed by atoms with Gasteiger partial charge in [0, 0.05) is 24.3 Å². The van der Waals surface area contributed by atoms with Gasteiger partial charge in [-0.05, 0) is 56.1 Å². The molecule has 0 aliphatic carbocycles. The molecule has 2 N–H and O–H groups in total. The van der Waals surface area contributed by atoms with Crippen molar-refractivity contribution in [1.29, 1.82) is 0 Å². The summed E-state index contributed by atoms with van der Waals surface area (Å²) in [5.74, 6) is 0.362. The molecule has 0 radical (unpaired) electrons. The summed E-state index contributed by atoms with van der Waals surface area (Å²) in [4.78, 5) is 14.5. The number of methoxy groups -OCH3 is 1. The Hall–Kier alpha value is -2.79. The second-order valence-electron chi connectivity index (χ2n) is 6.07. The van der Waals surface area contributed by atoms with Gasteiger partial charge in [0.2, 0.25) is 0 Å². The summed E-state index contributed by atoms with van der Waals surface area (Å²) in [6.07, 6.45) is 0. The maximum atomic E-state index is 12.4. The van der Waals surface area contributed by atoms with Crippen LogP contribution in [0.2, 0.25) is 0 Å². The number of rotatable bonds is 8. The Labute approximate surface area is 149 Å². The summed E-state index contributed by atoms with van der Waals surface area (Å²) in [6.45, 7) is 5.13. The van der Waals surface area contributed by atoms with E-state index in [0.717, 1.165) is 17.8 Å². The average molecular weight is 339 g/mol. The molecule has 0 heterocycles. The number of carbonyl (C=O) groups excluding carboxylic acids is 1. The number of anilines is 1. The lowest BCUT2D eigenvalue weighted by molar-refractivity contribution is 0.102. The van der Waals surface area contributed by atoms with Gasteiger partial charge in [0.05, 0.1) is 7.11 Å². The zero-order valence-electron chi connectivity index (χ0n) is 15.0. The lowest BCUT2D eigenvalue weighted by Gasteiger charge is -2.11. The zero-order valence-corrected chi connectivity index (χ0v) is 15.0. The first-order chi connectivity index (χ1) is 12.0. The minimum absolute atomic E-state index is 0.132. The smallest absolute Gasteiger partial charge is 0.255 e. The van der Waals surface area contributed by atoms with Crippen LogP contribution in [-0.2, 0) is 17.8 Å². The van der Waals surface area contributed by atoms with E-state index >= 15 is 0 Å². The van der Waals surface area contributed by atoms with Gasteiger partial charge in [0.1, 0.15) is 0 Å². The standard InChI is InChI=1S/C20H25N3O2/c1-15(25-4)21-13-17-6-5-7-18(12-17)20(24)22-19-10-8-16(9-11-19)14-23(2)3/h5-12,21H,1,13-14H2,2-4H3,(H,22,24). The Bertz CT molecular complexity index is 724. The highest BCUT2D eigenvalue weighted by Gasteiger charge is 2.07. The fourth-order valence-corrected chi connectivity index (χ4v) is 2.36. The van der Waals surface area contributed by atoms with Gasteiger partial charge >= 0.3 is 0 Å². The van der Waals surface area contributed by atoms with Gasteiger partial charge < -0.3 is 20.3 Å². The molecule has 132 valence electrons. The lowest BCUT2D eigenvalue weighted by atomic mass is 10.1. The van der Waals surface area contributed by atoms with Gasteiger partial charge in [-0.15, -0.1) is 0 Å². The van der Waals surface area contributed by atoms with Crippen molar-refractivity contribution in [3.05, 3.63) is 77.7 Å². The van der Waals surface area contributed by atoms with Crippen molar-refractivity contribution < 1.29 is 9.53 Å². The summed E-state index contributed by atoms with van der Waals surface area (Å²) in [7, 11) is 5.61. The van der Waals surface area contributed by atoms with E-state index in [1.54, 1.807) is 13.2 Å². The van der Waals surface area contributed by atoms with Crippen molar-refractivity contribution in [3.63, 3.8) is 0 Å². The second kappa shape index (κ2) is 8.89. The van der Waals surface area contributed by atoms with Crippen LogP contribution < -0.4 is 10.6 Å². The molecule has 5 nitrogen and oxygen atoms in total. The molecule has 0 saturated heterocycles. The zero-order chi connectivity index (χ0) is 18.2. The van der Waals surface area contributed by atoms with Crippen LogP contribution in [-0.4, -0.2) is 32.0 Å². The van der Waals surface area contributed by atoms with Crippen LogP contribution in [0.3, 0.4) is 0 Å². The first kappa shape index (κ1) is 18.5. The molecule has 0 atom stereocenters. The number of nitrogens with zero attached hydrogens (tertiary/aromatic N) is 1. The quantitative estimate of drug-likeness (QED) is 0.725. The minimum atomic E-state index is -0.132. The fraction of sp³-hybridized carbons (Fsp3) is 0.250. The van der Waals surface area contributed by atoms with Gasteiger partial charge in [-0.25, -0.2) is 0 Å². The van der Waals surface area contributed by atoms with Crippen molar-refractivity contribution in [2.45, 2.75) is 13.1 Å². The van der Waals surface area contributed by atoms with E-state index < -0.39 is 0 Å². The highest BCUT2D eigenvalue weighted by molar-refractivity contribution is 6.04. The first-order valence-corrected chi connectivity index (χ1v) is 8.08. The molecule has 0 unspecified atom stereocenters. The third-order valence-electron chi connectivity index (χ3n) is 3.64. The van der Waals surface area contributed by atoms with E-state index in [1.165, 1.54) is 5.56 Å². The van der Waals surface area contributed by atoms with Gasteiger partial charge in [-0.2, -0.15) is 0 Å². The van der Waals surface area contributed by atoms with Crippen molar-refractivity contribution >= 4 is 11.6 Å². The Balaban J connectivity index is 1.99. The lowest BCUT2D eigenvalue weighted by Crippen LogP contribution is -2.15. The van der Waals surface area contributed by atoms with Crippen molar-refractivity contribution in [3.8, 4) is 0 Å². The number of amides is 1. The van der Waals surface area contributed by atoms with Crippen LogP contribution in [0.1, 0.15) is 21.5 Å². The molecule has 0 bridgehead atoms. The molecule has 1 amide bonds. The molecular formula is C20H25N3O2. The van der Waals surface area contributed by atoms with Crippen LogP contribution in [0.4, 0.5) is 5.69 Å². The molecule has 2 aromatic carbocycles. The molecule has 0 aliphatic rings. The molecular weight excluding hydrogens is 314 g/mol. The van der Waals surface area contributed by atoms with Gasteiger partial charge in [0.15, 0.2) is 5.88 Å². The van der Waals surface area contributed by atoms with E-state index in [0.29, 0.717) is 18.0 Å². The first-order valence-electron chi connectivity index (χ1n) is 8.08. The van der Waals surface area contributed by atoms with E-state index in [1.807, 2.05) is 56.6 Å². The number of ether oxygens (including phenoxy) is 1. The van der Waals surface area contributed by atoms with Crippen molar-refractivity contribution in [1.82, 2.24) is 10.2 Å². The molecule has 5 heteroatoms. The van der Waals surface area contributed by atoms with Crippen LogP contribution in [0.5, 0.6) is 0 Å². The largest absolute Gasteiger partial charge is 0.483 e. The topological polar surface area (TPSA) is 53.6 Å². The number of hydrogen-bond donors (Lipinski definition) is 2. The van der Waals surface area contributed by atoms with E-state index in [2.05, 4.69) is 22.1 Å². The summed E-state index contributed by atoms with van der Waals surface area (Å²) in [5.41, 5.74) is 3.57. The third kappa shape index (κ3) is 5.97. The van der Waals surface area contributed by atoms with E-state index in [-0.39, 0.29) is 5.91 Å². The maximum absolute atomic E-state index is 12.4. The minimum Gasteiger partial charge on any atom is -0.483 e. The molecule has 2 rings (SSSR count). The summed E-state index contributed by atoms with van der Waals surface area (Å²) >= 11 is 0. The van der Waals surface area contributed by atoms with Crippen molar-refractivity contribution in [2.75, 3.05) is 26.5 Å². The summed E-state index contributed by atoms with van der Waals surface area (Å²) in [6, 6.07) is 15.3. The molecule has 0 fully saturated rings. The Morgan fingerprint density at radius 3 is 2.48 bits per heavy atom. The average Bonchev–Trinajstić information content (AvgIpc) is 2.61. The number of benzene rings is 2. The normalized spacial score (nSPS) is 10.4. The predicted octanol–water partition coefficient (Wildman–Crippen LogP) is 3.21. The number of carbonyl (C=O) groups is 1. The van der Waals surface area contributed by atoms with E-state index in [4.69, 9.17) is 4.74 Å². The van der Waals surface area contributed by atoms with Crippen LogP contribution in [0, 0.1) is 0 Å². The number of nitrogens with one attached hydrogen (secondary N) is 2. The highest BCUT2D eigenvalue weighted by Crippen LogP contribution is 2.13. The Kier molecular flexibility index (Phi) is 6.60. The second-order valence-corrected chi connectivity index (χ2v) is 6.07. The highest BCUT2D eigenvalue weighted by atomic mass is 16.5. The van der Waals surface area contributed by atoms with Gasteiger partial charge in [0.25, 0.3) is 5.91 Å². The Morgan fingerprint density at radius 2 is 1.84 bits per heavy atom. The molecule has 0 aliphatic heterocycles. The molecule has 25 heavy (non-hydrogen) atoms. The van der Waals surface area contributed by atoms with Gasteiger partial charge in [-0.1, -0.05) is 24.3 Å². The van der Waals surface area contributed by atoms with Crippen LogP contribution in [0.25, 0.3) is 0 Å². The molecule has 2 aromatic rings. The molecule has 0 aromatic heterocycles. The SMILES string of the molecule is C=C(NCc1cccc(C(=O)Nc2ccc(CN(C)C)cc2)c1)OC. The van der Waals surface area contributed by atoms with E-state index in [9.17, 15) is 4.79 Å². The maximum Gasteiger partial charge on any atom is 0.255 e. The fourth-order valence-electron chi connectivity index (χ4n) is 2.36. The monoisotopic (exact) mass is 339 g/mol. The van der Waals surface area contributed by atoms with Gasteiger partial charge in [-0.3, -0.25) is 4.79 Å². The number of hydrogen-bond acceptors (Lipinski definition) is 4. The third-order valence-corrected chi connectivity index (χ3v) is 3.64. The summed E-state index contributed by atoms with van der Waals surface area (Å²) in [5, 5.41) is 5.96. The molecule has 0 spiro atoms. The van der Waals surface area contributed by atoms with Crippen LogP contribution >= 0.6 is 0 Å².